The summed E-state index contributed by atoms with van der Waals surface area (Å²) in [6.45, 7) is 4.38. The van der Waals surface area contributed by atoms with Crippen LogP contribution in [-0.4, -0.2) is 49.0 Å². The Labute approximate surface area is 117 Å². The summed E-state index contributed by atoms with van der Waals surface area (Å²) >= 11 is 0.0251. The second-order valence-electron chi connectivity index (χ2n) is 4.88. The van der Waals surface area contributed by atoms with Crippen LogP contribution in [0.3, 0.4) is 0 Å². The average Bonchev–Trinajstić information content (AvgIpc) is 2.38. The maximum absolute atomic E-state index is 7.27. The molecule has 2 rings (SSSR count). The maximum Gasteiger partial charge on any atom is 0.190 e. The number of hydrogen-bond acceptors (Lipinski definition) is 3. The van der Waals surface area contributed by atoms with E-state index in [0.29, 0.717) is 0 Å². The van der Waals surface area contributed by atoms with Crippen LogP contribution >= 0.6 is 11.1 Å². The zero-order valence-corrected chi connectivity index (χ0v) is 12.5. The Morgan fingerprint density at radius 1 is 1.26 bits per heavy atom. The van der Waals surface area contributed by atoms with Crippen LogP contribution in [-0.2, 0) is 0 Å². The first-order chi connectivity index (χ1) is 9.06. The van der Waals surface area contributed by atoms with E-state index in [4.69, 9.17) is 11.1 Å². The van der Waals surface area contributed by atoms with Gasteiger partial charge in [-0.05, 0) is 30.7 Å². The van der Waals surface area contributed by atoms with Crippen LogP contribution < -0.4 is 16.0 Å². The van der Waals surface area contributed by atoms with E-state index in [1.165, 1.54) is 5.69 Å². The van der Waals surface area contributed by atoms with E-state index in [1.54, 1.807) is 0 Å². The predicted octanol–water partition coefficient (Wildman–Crippen LogP) is 1.29. The summed E-state index contributed by atoms with van der Waals surface area (Å²) in [6.07, 6.45) is 4.62. The Hall–Kier alpha value is -1.40. The predicted molar refractivity (Wildman–Crippen MR) is 86.6 cm³/mol. The molecule has 0 aliphatic carbocycles. The smallest absolute Gasteiger partial charge is 0.190 e. The molecule has 1 heterocycles. The van der Waals surface area contributed by atoms with Crippen LogP contribution in [0.1, 0.15) is 0 Å². The molecule has 0 saturated carbocycles. The number of rotatable bonds is 3. The highest BCUT2D eigenvalue weighted by Crippen LogP contribution is 2.26. The van der Waals surface area contributed by atoms with Crippen molar-refractivity contribution in [1.29, 1.82) is 5.41 Å². The first kappa shape index (κ1) is 14.0. The van der Waals surface area contributed by atoms with Crippen molar-refractivity contribution in [2.75, 3.05) is 48.9 Å². The average molecular weight is 281 g/mol. The number of nitrogens with zero attached hydrogens (tertiary/aromatic N) is 2. The van der Waals surface area contributed by atoms with Gasteiger partial charge in [-0.1, -0.05) is 6.07 Å². The minimum Gasteiger partial charge on any atom is -0.370 e. The fourth-order valence-electron chi connectivity index (χ4n) is 2.29. The Morgan fingerprint density at radius 2 is 1.95 bits per heavy atom. The lowest BCUT2D eigenvalue weighted by Gasteiger charge is -2.39. The van der Waals surface area contributed by atoms with Crippen LogP contribution in [0.15, 0.2) is 24.3 Å². The number of hydrogen-bond donors (Lipinski definition) is 4. The SMILES string of the molecule is C[SH](C)N1CCN(c2cccc(NC(=N)N)c2)CC1. The molecule has 6 heteroatoms. The number of piperazine rings is 1. The van der Waals surface area contributed by atoms with Crippen molar-refractivity contribution in [3.05, 3.63) is 24.3 Å². The number of nitrogens with one attached hydrogen (secondary N) is 2. The maximum atomic E-state index is 7.27. The molecule has 0 spiro atoms. The highest BCUT2D eigenvalue weighted by Gasteiger charge is 2.17. The van der Waals surface area contributed by atoms with Gasteiger partial charge in [-0.15, -0.1) is 0 Å². The summed E-state index contributed by atoms with van der Waals surface area (Å²) < 4.78 is 2.56. The highest BCUT2D eigenvalue weighted by molar-refractivity contribution is 8.13. The largest absolute Gasteiger partial charge is 0.370 e. The van der Waals surface area contributed by atoms with E-state index in [2.05, 4.69) is 39.2 Å². The number of thiol groups is 1. The molecule has 0 aromatic heterocycles. The van der Waals surface area contributed by atoms with Crippen molar-refractivity contribution in [3.63, 3.8) is 0 Å². The molecular formula is C13H23N5S. The summed E-state index contributed by atoms with van der Waals surface area (Å²) in [4.78, 5) is 2.39. The molecule has 1 saturated heterocycles. The van der Waals surface area contributed by atoms with Gasteiger partial charge in [0.05, 0.1) is 0 Å². The minimum absolute atomic E-state index is 0.0235. The molecule has 5 nitrogen and oxygen atoms in total. The monoisotopic (exact) mass is 281 g/mol. The third kappa shape index (κ3) is 3.78. The first-order valence-electron chi connectivity index (χ1n) is 6.44. The Bertz CT molecular complexity index is 440. The molecule has 1 aromatic carbocycles. The van der Waals surface area contributed by atoms with Gasteiger partial charge in [0.25, 0.3) is 0 Å². The van der Waals surface area contributed by atoms with Gasteiger partial charge in [0.15, 0.2) is 5.96 Å². The van der Waals surface area contributed by atoms with Gasteiger partial charge in [-0.25, -0.2) is 11.1 Å². The van der Waals surface area contributed by atoms with E-state index >= 15 is 0 Å². The lowest BCUT2D eigenvalue weighted by molar-refractivity contribution is 0.427. The molecule has 1 aromatic rings. The van der Waals surface area contributed by atoms with E-state index in [-0.39, 0.29) is 17.0 Å². The molecule has 106 valence electrons. The van der Waals surface area contributed by atoms with Gasteiger partial charge in [-0.3, -0.25) is 9.71 Å². The molecule has 0 radical (unpaired) electrons. The molecule has 1 aliphatic rings. The van der Waals surface area contributed by atoms with Gasteiger partial charge in [-0.2, -0.15) is 0 Å². The lowest BCUT2D eigenvalue weighted by Crippen LogP contribution is -2.44. The van der Waals surface area contributed by atoms with Crippen molar-refractivity contribution in [3.8, 4) is 0 Å². The Kier molecular flexibility index (Phi) is 4.55. The molecule has 1 aliphatic heterocycles. The van der Waals surface area contributed by atoms with E-state index in [9.17, 15) is 0 Å². The summed E-state index contributed by atoms with van der Waals surface area (Å²) in [6, 6.07) is 8.09. The van der Waals surface area contributed by atoms with Crippen LogP contribution in [0.2, 0.25) is 0 Å². The van der Waals surface area contributed by atoms with Gasteiger partial charge in [0, 0.05) is 37.6 Å². The van der Waals surface area contributed by atoms with Gasteiger partial charge >= 0.3 is 0 Å². The molecule has 0 atom stereocenters. The van der Waals surface area contributed by atoms with E-state index < -0.39 is 0 Å². The molecule has 4 N–H and O–H groups in total. The van der Waals surface area contributed by atoms with Crippen LogP contribution in [0, 0.1) is 5.41 Å². The zero-order valence-electron chi connectivity index (χ0n) is 11.6. The summed E-state index contributed by atoms with van der Waals surface area (Å²) in [5.41, 5.74) is 7.43. The molecular weight excluding hydrogens is 258 g/mol. The molecule has 1 fully saturated rings. The summed E-state index contributed by atoms with van der Waals surface area (Å²) in [5.74, 6) is -0.0235. The topological polar surface area (TPSA) is 68.4 Å². The number of benzene rings is 1. The van der Waals surface area contributed by atoms with E-state index in [0.717, 1.165) is 31.9 Å². The molecule has 19 heavy (non-hydrogen) atoms. The second-order valence-corrected chi connectivity index (χ2v) is 7.14. The van der Waals surface area contributed by atoms with Crippen molar-refractivity contribution in [2.24, 2.45) is 5.73 Å². The fourth-order valence-corrected chi connectivity index (χ4v) is 3.27. The van der Waals surface area contributed by atoms with E-state index in [1.807, 2.05) is 12.1 Å². The first-order valence-corrected chi connectivity index (χ1v) is 8.63. The lowest BCUT2D eigenvalue weighted by atomic mass is 10.2. The van der Waals surface area contributed by atoms with Crippen molar-refractivity contribution < 1.29 is 0 Å². The van der Waals surface area contributed by atoms with Crippen LogP contribution in [0.5, 0.6) is 0 Å². The third-order valence-corrected chi connectivity index (χ3v) is 4.84. The summed E-state index contributed by atoms with van der Waals surface area (Å²) in [7, 11) is 0. The summed E-state index contributed by atoms with van der Waals surface area (Å²) in [5, 5.41) is 10.1. The Balaban J connectivity index is 2.01. The quantitative estimate of drug-likeness (QED) is 0.383. The van der Waals surface area contributed by atoms with Crippen LogP contribution in [0.25, 0.3) is 0 Å². The highest BCUT2D eigenvalue weighted by atomic mass is 32.2. The number of nitrogens with two attached hydrogens (primary N) is 1. The number of guanidine groups is 1. The normalized spacial score (nSPS) is 17.2. The third-order valence-electron chi connectivity index (χ3n) is 3.31. The second kappa shape index (κ2) is 6.16. The van der Waals surface area contributed by atoms with Gasteiger partial charge in [0.2, 0.25) is 0 Å². The molecule has 0 bridgehead atoms. The minimum atomic E-state index is -0.0235. The fraction of sp³-hybridized carbons (Fsp3) is 0.462. The van der Waals surface area contributed by atoms with Crippen molar-refractivity contribution >= 4 is 28.4 Å². The van der Waals surface area contributed by atoms with Gasteiger partial charge < -0.3 is 16.0 Å². The standard InChI is InChI=1S/C13H23N5S/c1-19(2)18-8-6-17(7-9-18)12-5-3-4-11(10-12)16-13(14)15/h3-5,10,19H,6-9H2,1-2H3,(H4,14,15,16). The Morgan fingerprint density at radius 3 is 2.53 bits per heavy atom. The van der Waals surface area contributed by atoms with Crippen molar-refractivity contribution in [1.82, 2.24) is 4.31 Å². The van der Waals surface area contributed by atoms with Crippen molar-refractivity contribution in [2.45, 2.75) is 0 Å². The molecule has 0 unspecified atom stereocenters. The molecule has 0 amide bonds. The van der Waals surface area contributed by atoms with Gasteiger partial charge in [0.1, 0.15) is 0 Å². The number of anilines is 2. The zero-order chi connectivity index (χ0) is 13.8. The van der Waals surface area contributed by atoms with Crippen LogP contribution in [0.4, 0.5) is 11.4 Å².